The first-order valence-corrected chi connectivity index (χ1v) is 24.8. The predicted molar refractivity (Wildman–Crippen MR) is 304 cm³/mol. The number of aromatic nitrogens is 1. The Hall–Kier alpha value is -8.98. The minimum absolute atomic E-state index is 0.138. The van der Waals surface area contributed by atoms with Crippen LogP contribution in [0.15, 0.2) is 243 Å². The van der Waals surface area contributed by atoms with Gasteiger partial charge in [-0.2, -0.15) is 0 Å². The van der Waals surface area contributed by atoms with E-state index in [-0.39, 0.29) is 5.41 Å². The molecule has 0 radical (unpaired) electrons. The molecule has 1 aromatic heterocycles. The van der Waals surface area contributed by atoms with Gasteiger partial charge in [0.2, 0.25) is 0 Å². The lowest BCUT2D eigenvalue weighted by Crippen LogP contribution is -2.16. The molecule has 0 N–H and O–H groups in total. The van der Waals surface area contributed by atoms with Crippen molar-refractivity contribution in [2.45, 2.75) is 19.3 Å². The Balaban J connectivity index is 0.958. The molecule has 0 saturated carbocycles. The van der Waals surface area contributed by atoms with E-state index in [2.05, 4.69) is 266 Å². The van der Waals surface area contributed by atoms with Crippen molar-refractivity contribution in [1.29, 1.82) is 0 Å². The summed E-state index contributed by atoms with van der Waals surface area (Å²) in [7, 11) is 0. The summed E-state index contributed by atoms with van der Waals surface area (Å²) in [5.74, 6) is 0. The average molecular weight is 903 g/mol. The standard InChI is InChI=1S/C69H46N2/c1-69(2)62-29-15-13-24-54(62)55-38-37-49(41-63(55)69)70(65-40-46-19-5-6-20-50(46)51-21-7-10-25-56(51)65)47-34-32-44(33-35-47)60-42-61-53-23-9-12-27-58(53)68-67(66(61)57-26-11-8-22-52(57)60)59-28-14-16-30-64(59)71(68)48-36-31-43-17-3-4-18-45(43)39-48/h3-42H,1-2H3. The summed E-state index contributed by atoms with van der Waals surface area (Å²) in [5, 5.41) is 17.5. The third-order valence-electron chi connectivity index (χ3n) is 15.9. The van der Waals surface area contributed by atoms with Crippen molar-refractivity contribution in [2.75, 3.05) is 4.90 Å². The van der Waals surface area contributed by atoms with E-state index in [9.17, 15) is 0 Å². The molecule has 1 aliphatic rings. The zero-order valence-corrected chi connectivity index (χ0v) is 39.5. The number of rotatable bonds is 5. The summed E-state index contributed by atoms with van der Waals surface area (Å²) in [6, 6.07) is 90.6. The van der Waals surface area contributed by atoms with Gasteiger partial charge >= 0.3 is 0 Å². The molecule has 1 heterocycles. The molecule has 13 aromatic carbocycles. The van der Waals surface area contributed by atoms with Gasteiger partial charge in [0, 0.05) is 49.4 Å². The third kappa shape index (κ3) is 5.76. The fraction of sp³-hybridized carbons (Fsp3) is 0.0435. The van der Waals surface area contributed by atoms with Crippen molar-refractivity contribution in [3.8, 4) is 27.9 Å². The molecule has 332 valence electrons. The normalized spacial score (nSPS) is 13.0. The number of para-hydroxylation sites is 1. The molecule has 1 aliphatic carbocycles. The molecule has 0 amide bonds. The van der Waals surface area contributed by atoms with Crippen LogP contribution in [0.1, 0.15) is 25.0 Å². The highest BCUT2D eigenvalue weighted by Crippen LogP contribution is 2.52. The Morgan fingerprint density at radius 2 is 0.930 bits per heavy atom. The second-order valence-corrected chi connectivity index (χ2v) is 20.0. The first-order valence-electron chi connectivity index (χ1n) is 24.8. The maximum atomic E-state index is 2.51. The monoisotopic (exact) mass is 902 g/mol. The van der Waals surface area contributed by atoms with E-state index in [4.69, 9.17) is 0 Å². The van der Waals surface area contributed by atoms with Crippen LogP contribution in [0.5, 0.6) is 0 Å². The summed E-state index contributed by atoms with van der Waals surface area (Å²) in [5.41, 5.74) is 14.7. The summed E-state index contributed by atoms with van der Waals surface area (Å²) >= 11 is 0. The highest BCUT2D eigenvalue weighted by molar-refractivity contribution is 6.38. The molecule has 14 aromatic rings. The molecule has 0 saturated heterocycles. The number of fused-ring (bicyclic) bond motifs is 17. The molecule has 0 bridgehead atoms. The lowest BCUT2D eigenvalue weighted by molar-refractivity contribution is 0.660. The highest BCUT2D eigenvalue weighted by atomic mass is 15.1. The Morgan fingerprint density at radius 3 is 1.73 bits per heavy atom. The van der Waals surface area contributed by atoms with Crippen molar-refractivity contribution in [1.82, 2.24) is 4.57 Å². The van der Waals surface area contributed by atoms with Crippen LogP contribution in [-0.4, -0.2) is 4.57 Å². The Labute approximate surface area is 411 Å². The SMILES string of the molecule is CC1(C)c2ccccc2-c2ccc(N(c3ccc(-c4cc5c6ccccc6c6c(c7ccccc7n6-c6ccc7ccccc7c6)c5c5ccccc45)cc3)c3cc4ccccc4c4ccccc34)cc21. The second kappa shape index (κ2) is 15.0. The van der Waals surface area contributed by atoms with Gasteiger partial charge in [-0.25, -0.2) is 0 Å². The van der Waals surface area contributed by atoms with E-state index < -0.39 is 0 Å². The quantitative estimate of drug-likeness (QED) is 0.156. The molecule has 0 unspecified atom stereocenters. The molecule has 71 heavy (non-hydrogen) atoms. The topological polar surface area (TPSA) is 8.17 Å². The summed E-state index contributed by atoms with van der Waals surface area (Å²) in [4.78, 5) is 2.49. The number of nitrogens with zero attached hydrogens (tertiary/aromatic N) is 2. The second-order valence-electron chi connectivity index (χ2n) is 20.0. The number of hydrogen-bond acceptors (Lipinski definition) is 1. The van der Waals surface area contributed by atoms with Crippen molar-refractivity contribution in [2.24, 2.45) is 0 Å². The van der Waals surface area contributed by atoms with Crippen LogP contribution in [0, 0.1) is 0 Å². The molecule has 0 fully saturated rings. The largest absolute Gasteiger partial charge is 0.310 e. The average Bonchev–Trinajstić information content (AvgIpc) is 3.90. The van der Waals surface area contributed by atoms with E-state index in [1.165, 1.54) is 126 Å². The van der Waals surface area contributed by atoms with Gasteiger partial charge in [0.05, 0.1) is 16.7 Å². The molecule has 2 nitrogen and oxygen atoms in total. The fourth-order valence-electron chi connectivity index (χ4n) is 12.6. The van der Waals surface area contributed by atoms with Crippen LogP contribution in [0.4, 0.5) is 17.1 Å². The minimum atomic E-state index is -0.138. The smallest absolute Gasteiger partial charge is 0.0626 e. The Morgan fingerprint density at radius 1 is 0.338 bits per heavy atom. The summed E-state index contributed by atoms with van der Waals surface area (Å²) in [6.45, 7) is 4.74. The third-order valence-corrected chi connectivity index (χ3v) is 15.9. The summed E-state index contributed by atoms with van der Waals surface area (Å²) in [6.07, 6.45) is 0. The molecule has 0 aliphatic heterocycles. The van der Waals surface area contributed by atoms with Crippen LogP contribution in [-0.2, 0) is 5.41 Å². The molecule has 0 spiro atoms. The van der Waals surface area contributed by atoms with Crippen molar-refractivity contribution < 1.29 is 0 Å². The first-order chi connectivity index (χ1) is 35.0. The van der Waals surface area contributed by atoms with Gasteiger partial charge in [0.25, 0.3) is 0 Å². The maximum absolute atomic E-state index is 2.51. The number of anilines is 3. The van der Waals surface area contributed by atoms with E-state index in [0.717, 1.165) is 17.1 Å². The highest BCUT2D eigenvalue weighted by Gasteiger charge is 2.36. The lowest BCUT2D eigenvalue weighted by atomic mass is 9.82. The predicted octanol–water partition coefficient (Wildman–Crippen LogP) is 19.1. The summed E-state index contributed by atoms with van der Waals surface area (Å²) < 4.78 is 2.51. The first kappa shape index (κ1) is 40.0. The Bertz CT molecular complexity index is 4550. The molecule has 2 heteroatoms. The van der Waals surface area contributed by atoms with Gasteiger partial charge in [-0.3, -0.25) is 0 Å². The molecular formula is C69H46N2. The van der Waals surface area contributed by atoms with Crippen LogP contribution >= 0.6 is 0 Å². The van der Waals surface area contributed by atoms with Gasteiger partial charge in [-0.15, -0.1) is 0 Å². The fourth-order valence-corrected chi connectivity index (χ4v) is 12.6. The maximum Gasteiger partial charge on any atom is 0.0626 e. The molecular weight excluding hydrogens is 857 g/mol. The van der Waals surface area contributed by atoms with Crippen molar-refractivity contribution >= 4 is 104 Å². The van der Waals surface area contributed by atoms with Gasteiger partial charge in [0.15, 0.2) is 0 Å². The van der Waals surface area contributed by atoms with Crippen LogP contribution in [0.25, 0.3) is 114 Å². The lowest BCUT2D eigenvalue weighted by Gasteiger charge is -2.29. The minimum Gasteiger partial charge on any atom is -0.310 e. The van der Waals surface area contributed by atoms with Gasteiger partial charge < -0.3 is 9.47 Å². The molecule has 0 atom stereocenters. The van der Waals surface area contributed by atoms with E-state index in [0.29, 0.717) is 0 Å². The van der Waals surface area contributed by atoms with E-state index in [1.807, 2.05) is 0 Å². The zero-order chi connectivity index (χ0) is 47.0. The van der Waals surface area contributed by atoms with Crippen molar-refractivity contribution in [3.63, 3.8) is 0 Å². The number of hydrogen-bond donors (Lipinski definition) is 0. The van der Waals surface area contributed by atoms with Gasteiger partial charge in [-0.05, 0) is 136 Å². The van der Waals surface area contributed by atoms with Gasteiger partial charge in [0.1, 0.15) is 0 Å². The van der Waals surface area contributed by atoms with Crippen LogP contribution in [0.2, 0.25) is 0 Å². The van der Waals surface area contributed by atoms with E-state index >= 15 is 0 Å². The Kier molecular flexibility index (Phi) is 8.45. The zero-order valence-electron chi connectivity index (χ0n) is 39.5. The number of benzene rings is 13. The van der Waals surface area contributed by atoms with Crippen LogP contribution < -0.4 is 4.90 Å². The van der Waals surface area contributed by atoms with E-state index in [1.54, 1.807) is 0 Å². The van der Waals surface area contributed by atoms with Gasteiger partial charge in [-0.1, -0.05) is 202 Å². The van der Waals surface area contributed by atoms with Crippen molar-refractivity contribution in [3.05, 3.63) is 254 Å². The molecule has 15 rings (SSSR count). The van der Waals surface area contributed by atoms with Crippen LogP contribution in [0.3, 0.4) is 0 Å².